The minimum absolute atomic E-state index is 0.0272. The highest BCUT2D eigenvalue weighted by atomic mass is 16.5. The number of methoxy groups -OCH3 is 1. The monoisotopic (exact) mass is 254 g/mol. The first-order valence-corrected chi connectivity index (χ1v) is 5.69. The Hall–Kier alpha value is -1.79. The van der Waals surface area contributed by atoms with Crippen LogP contribution in [-0.2, 0) is 27.3 Å². The maximum absolute atomic E-state index is 11.8. The summed E-state index contributed by atoms with van der Waals surface area (Å²) in [5.41, 5.74) is -0.431. The molecule has 0 aliphatic rings. The molecule has 0 atom stereocenters. The molecule has 0 spiro atoms. The molecule has 0 aliphatic carbocycles. The van der Waals surface area contributed by atoms with E-state index in [2.05, 4.69) is 20.1 Å². The van der Waals surface area contributed by atoms with Crippen molar-refractivity contribution in [2.75, 3.05) is 7.11 Å². The Morgan fingerprint density at radius 2 is 2.00 bits per heavy atom. The molecule has 0 aliphatic heterocycles. The van der Waals surface area contributed by atoms with Gasteiger partial charge >= 0.3 is 5.97 Å². The summed E-state index contributed by atoms with van der Waals surface area (Å²) in [4.78, 5) is 23.9. The third kappa shape index (κ3) is 4.23. The Balaban J connectivity index is 2.53. The van der Waals surface area contributed by atoms with Crippen LogP contribution in [0, 0.1) is 5.41 Å². The number of rotatable bonds is 5. The predicted octanol–water partition coefficient (Wildman–Crippen LogP) is 0.394. The predicted molar refractivity (Wildman–Crippen MR) is 62.6 cm³/mol. The SMILES string of the molecule is COC(=O)CCc1nnn(CC(=O)C(C)(C)C)n1. The first-order valence-electron chi connectivity index (χ1n) is 5.69. The number of ketones is 1. The van der Waals surface area contributed by atoms with E-state index < -0.39 is 5.41 Å². The molecule has 1 rings (SSSR count). The van der Waals surface area contributed by atoms with Crippen molar-refractivity contribution in [2.45, 2.75) is 40.2 Å². The van der Waals surface area contributed by atoms with E-state index in [4.69, 9.17) is 0 Å². The molecular weight excluding hydrogens is 236 g/mol. The van der Waals surface area contributed by atoms with Crippen LogP contribution in [0.1, 0.15) is 33.0 Å². The number of carbonyl (C=O) groups is 2. The minimum atomic E-state index is -0.431. The van der Waals surface area contributed by atoms with Crippen LogP contribution in [0.4, 0.5) is 0 Å². The van der Waals surface area contributed by atoms with E-state index in [9.17, 15) is 9.59 Å². The number of aromatic nitrogens is 4. The number of hydrogen-bond donors (Lipinski definition) is 0. The maximum Gasteiger partial charge on any atom is 0.305 e. The standard InChI is InChI=1S/C11H18N4O3/c1-11(2,3)8(16)7-15-13-9(12-14-15)5-6-10(17)18-4/h5-7H2,1-4H3. The van der Waals surface area contributed by atoms with Crippen LogP contribution in [0.15, 0.2) is 0 Å². The fourth-order valence-electron chi connectivity index (χ4n) is 1.13. The maximum atomic E-state index is 11.8. The molecule has 0 fully saturated rings. The second-order valence-corrected chi connectivity index (χ2v) is 4.99. The second kappa shape index (κ2) is 5.70. The van der Waals surface area contributed by atoms with Crippen LogP contribution in [0.3, 0.4) is 0 Å². The summed E-state index contributed by atoms with van der Waals surface area (Å²) in [7, 11) is 1.33. The lowest BCUT2D eigenvalue weighted by atomic mass is 9.91. The molecule has 18 heavy (non-hydrogen) atoms. The van der Waals surface area contributed by atoms with Crippen molar-refractivity contribution in [3.05, 3.63) is 5.82 Å². The molecule has 1 aromatic rings. The lowest BCUT2D eigenvalue weighted by Crippen LogP contribution is -2.26. The van der Waals surface area contributed by atoms with E-state index in [0.29, 0.717) is 12.2 Å². The number of tetrazole rings is 1. The number of carbonyl (C=O) groups excluding carboxylic acids is 2. The number of Topliss-reactive ketones (excluding diaryl/α,β-unsaturated/α-hetero) is 1. The van der Waals surface area contributed by atoms with Gasteiger partial charge in [0.25, 0.3) is 0 Å². The van der Waals surface area contributed by atoms with Gasteiger partial charge in [-0.05, 0) is 5.21 Å². The number of aryl methyl sites for hydroxylation is 1. The largest absolute Gasteiger partial charge is 0.469 e. The van der Waals surface area contributed by atoms with Gasteiger partial charge in [-0.3, -0.25) is 9.59 Å². The van der Waals surface area contributed by atoms with E-state index in [1.54, 1.807) is 0 Å². The molecule has 0 unspecified atom stereocenters. The molecule has 100 valence electrons. The highest BCUT2D eigenvalue weighted by molar-refractivity contribution is 5.83. The van der Waals surface area contributed by atoms with E-state index >= 15 is 0 Å². The number of nitrogens with zero attached hydrogens (tertiary/aromatic N) is 4. The second-order valence-electron chi connectivity index (χ2n) is 4.99. The topological polar surface area (TPSA) is 87.0 Å². The van der Waals surface area contributed by atoms with Gasteiger partial charge in [0.15, 0.2) is 11.6 Å². The summed E-state index contributed by atoms with van der Waals surface area (Å²) in [6.45, 7) is 5.61. The number of ether oxygens (including phenoxy) is 1. The van der Waals surface area contributed by atoms with Crippen LogP contribution in [-0.4, -0.2) is 39.1 Å². The van der Waals surface area contributed by atoms with Crippen molar-refractivity contribution < 1.29 is 14.3 Å². The molecule has 0 radical (unpaired) electrons. The van der Waals surface area contributed by atoms with Gasteiger partial charge in [-0.15, -0.1) is 10.2 Å². The zero-order valence-corrected chi connectivity index (χ0v) is 11.1. The van der Waals surface area contributed by atoms with Gasteiger partial charge in [0.1, 0.15) is 6.54 Å². The number of esters is 1. The summed E-state index contributed by atoms with van der Waals surface area (Å²) in [5.74, 6) is 0.138. The third-order valence-corrected chi connectivity index (χ3v) is 2.40. The fourth-order valence-corrected chi connectivity index (χ4v) is 1.13. The highest BCUT2D eigenvalue weighted by Gasteiger charge is 2.22. The van der Waals surface area contributed by atoms with Crippen LogP contribution in [0.25, 0.3) is 0 Å². The van der Waals surface area contributed by atoms with E-state index in [0.717, 1.165) is 0 Å². The molecule has 0 bridgehead atoms. The Morgan fingerprint density at radius 3 is 2.56 bits per heavy atom. The third-order valence-electron chi connectivity index (χ3n) is 2.40. The van der Waals surface area contributed by atoms with Gasteiger partial charge in [0, 0.05) is 11.8 Å². The van der Waals surface area contributed by atoms with Crippen molar-refractivity contribution in [2.24, 2.45) is 5.41 Å². The minimum Gasteiger partial charge on any atom is -0.469 e. The highest BCUT2D eigenvalue weighted by Crippen LogP contribution is 2.14. The molecule has 7 heteroatoms. The first-order chi connectivity index (χ1) is 8.32. The molecule has 0 aromatic carbocycles. The summed E-state index contributed by atoms with van der Waals surface area (Å²) in [6, 6.07) is 0. The van der Waals surface area contributed by atoms with Crippen LogP contribution in [0.2, 0.25) is 0 Å². The van der Waals surface area contributed by atoms with E-state index in [1.165, 1.54) is 11.9 Å². The normalized spacial score (nSPS) is 11.3. The molecule has 0 saturated carbocycles. The lowest BCUT2D eigenvalue weighted by Gasteiger charge is -2.15. The zero-order valence-electron chi connectivity index (χ0n) is 11.1. The van der Waals surface area contributed by atoms with E-state index in [-0.39, 0.29) is 24.7 Å². The lowest BCUT2D eigenvalue weighted by molar-refractivity contribution is -0.140. The van der Waals surface area contributed by atoms with Crippen molar-refractivity contribution in [3.8, 4) is 0 Å². The molecule has 0 N–H and O–H groups in total. The first kappa shape index (κ1) is 14.3. The smallest absolute Gasteiger partial charge is 0.305 e. The van der Waals surface area contributed by atoms with Crippen molar-refractivity contribution in [1.82, 2.24) is 20.2 Å². The van der Waals surface area contributed by atoms with Gasteiger partial charge in [-0.1, -0.05) is 20.8 Å². The van der Waals surface area contributed by atoms with Gasteiger partial charge in [-0.2, -0.15) is 4.80 Å². The Morgan fingerprint density at radius 1 is 1.33 bits per heavy atom. The molecule has 0 amide bonds. The van der Waals surface area contributed by atoms with E-state index in [1.807, 2.05) is 20.8 Å². The molecule has 0 saturated heterocycles. The van der Waals surface area contributed by atoms with Gasteiger partial charge in [-0.25, -0.2) is 0 Å². The van der Waals surface area contributed by atoms with Gasteiger partial charge < -0.3 is 4.74 Å². The van der Waals surface area contributed by atoms with Crippen LogP contribution in [0.5, 0.6) is 0 Å². The van der Waals surface area contributed by atoms with Gasteiger partial charge in [0.05, 0.1) is 13.5 Å². The Bertz CT molecular complexity index is 434. The average molecular weight is 254 g/mol. The summed E-state index contributed by atoms with van der Waals surface area (Å²) >= 11 is 0. The quantitative estimate of drug-likeness (QED) is 0.706. The summed E-state index contributed by atoms with van der Waals surface area (Å²) in [5, 5.41) is 11.6. The number of hydrogen-bond acceptors (Lipinski definition) is 6. The zero-order chi connectivity index (χ0) is 13.8. The molecule has 1 heterocycles. The van der Waals surface area contributed by atoms with Crippen molar-refractivity contribution in [1.29, 1.82) is 0 Å². The van der Waals surface area contributed by atoms with Crippen LogP contribution >= 0.6 is 0 Å². The average Bonchev–Trinajstić information content (AvgIpc) is 2.72. The summed E-state index contributed by atoms with van der Waals surface area (Å²) < 4.78 is 4.51. The Kier molecular flexibility index (Phi) is 4.52. The molecule has 7 nitrogen and oxygen atoms in total. The van der Waals surface area contributed by atoms with Crippen molar-refractivity contribution in [3.63, 3.8) is 0 Å². The van der Waals surface area contributed by atoms with Crippen LogP contribution < -0.4 is 0 Å². The summed E-state index contributed by atoms with van der Waals surface area (Å²) in [6.07, 6.45) is 0.561. The van der Waals surface area contributed by atoms with Crippen molar-refractivity contribution >= 4 is 11.8 Å². The fraction of sp³-hybridized carbons (Fsp3) is 0.727. The molecule has 1 aromatic heterocycles. The Labute approximate surface area is 106 Å². The molecular formula is C11H18N4O3. The van der Waals surface area contributed by atoms with Gasteiger partial charge in [0.2, 0.25) is 0 Å².